The number of rotatable bonds is 4. The molecule has 2 amide bonds. The van der Waals surface area contributed by atoms with Crippen LogP contribution in [0.4, 0.5) is 0 Å². The van der Waals surface area contributed by atoms with E-state index in [-0.39, 0.29) is 17.7 Å². The molecular formula is C11H16N4O2. The van der Waals surface area contributed by atoms with Gasteiger partial charge in [-0.2, -0.15) is 0 Å². The quantitative estimate of drug-likeness (QED) is 0.743. The van der Waals surface area contributed by atoms with Crippen molar-refractivity contribution in [1.82, 2.24) is 20.2 Å². The summed E-state index contributed by atoms with van der Waals surface area (Å²) < 4.78 is 0. The van der Waals surface area contributed by atoms with Gasteiger partial charge < -0.3 is 15.2 Å². The largest absolute Gasteiger partial charge is 0.355 e. The highest BCUT2D eigenvalue weighted by Crippen LogP contribution is 2.15. The van der Waals surface area contributed by atoms with Crippen LogP contribution in [0.15, 0.2) is 12.4 Å². The highest BCUT2D eigenvalue weighted by Gasteiger charge is 2.31. The molecule has 1 atom stereocenters. The van der Waals surface area contributed by atoms with Gasteiger partial charge in [0.15, 0.2) is 0 Å². The van der Waals surface area contributed by atoms with Crippen molar-refractivity contribution in [3.8, 4) is 0 Å². The summed E-state index contributed by atoms with van der Waals surface area (Å²) in [5.41, 5.74) is 0. The van der Waals surface area contributed by atoms with Crippen molar-refractivity contribution in [2.24, 2.45) is 5.92 Å². The van der Waals surface area contributed by atoms with Crippen molar-refractivity contribution in [1.29, 1.82) is 0 Å². The van der Waals surface area contributed by atoms with Gasteiger partial charge in [0.2, 0.25) is 11.8 Å². The molecule has 1 unspecified atom stereocenters. The molecular weight excluding hydrogens is 220 g/mol. The Morgan fingerprint density at radius 2 is 2.53 bits per heavy atom. The molecule has 0 saturated carbocycles. The molecule has 1 aliphatic rings. The fourth-order valence-corrected chi connectivity index (χ4v) is 1.92. The summed E-state index contributed by atoms with van der Waals surface area (Å²) in [6.07, 6.45) is 4.43. The first-order chi connectivity index (χ1) is 8.16. The molecule has 0 spiro atoms. The zero-order chi connectivity index (χ0) is 12.3. The van der Waals surface area contributed by atoms with Gasteiger partial charge in [0.1, 0.15) is 5.82 Å². The number of amides is 2. The summed E-state index contributed by atoms with van der Waals surface area (Å²) in [6, 6.07) is 0. The van der Waals surface area contributed by atoms with E-state index in [1.165, 1.54) is 0 Å². The van der Waals surface area contributed by atoms with Crippen LogP contribution in [-0.2, 0) is 16.0 Å². The summed E-state index contributed by atoms with van der Waals surface area (Å²) in [5.74, 6) is 0.638. The highest BCUT2D eigenvalue weighted by molar-refractivity contribution is 5.89. The van der Waals surface area contributed by atoms with E-state index in [2.05, 4.69) is 15.3 Å². The van der Waals surface area contributed by atoms with Gasteiger partial charge in [-0.25, -0.2) is 4.98 Å². The Labute approximate surface area is 99.4 Å². The number of carbonyl (C=O) groups excluding carboxylic acids is 2. The average molecular weight is 236 g/mol. The number of hydrogen-bond acceptors (Lipinski definition) is 3. The van der Waals surface area contributed by atoms with Crippen LogP contribution in [0.3, 0.4) is 0 Å². The second kappa shape index (κ2) is 4.99. The summed E-state index contributed by atoms with van der Waals surface area (Å²) in [6.45, 7) is 1.06. The zero-order valence-electron chi connectivity index (χ0n) is 9.77. The third-order valence-corrected chi connectivity index (χ3v) is 2.93. The van der Waals surface area contributed by atoms with E-state index in [9.17, 15) is 9.59 Å². The van der Waals surface area contributed by atoms with Gasteiger partial charge in [0.05, 0.1) is 5.92 Å². The van der Waals surface area contributed by atoms with Crippen LogP contribution in [-0.4, -0.2) is 46.8 Å². The normalized spacial score (nSPS) is 19.7. The van der Waals surface area contributed by atoms with Crippen molar-refractivity contribution < 1.29 is 9.59 Å². The number of H-pyrrole nitrogens is 1. The number of imidazole rings is 1. The second-order valence-corrected chi connectivity index (χ2v) is 4.25. The molecule has 17 heavy (non-hydrogen) atoms. The van der Waals surface area contributed by atoms with Gasteiger partial charge in [-0.15, -0.1) is 0 Å². The van der Waals surface area contributed by atoms with E-state index < -0.39 is 0 Å². The SMILES string of the molecule is CN1CC(C(=O)NCCc2ncc[nH]2)CC1=O. The van der Waals surface area contributed by atoms with Crippen molar-refractivity contribution >= 4 is 11.8 Å². The number of nitrogens with one attached hydrogen (secondary N) is 2. The zero-order valence-corrected chi connectivity index (χ0v) is 9.77. The number of likely N-dealkylation sites (tertiary alicyclic amines) is 1. The minimum Gasteiger partial charge on any atom is -0.355 e. The molecule has 1 aromatic heterocycles. The number of carbonyl (C=O) groups is 2. The molecule has 2 rings (SSSR count). The van der Waals surface area contributed by atoms with Crippen LogP contribution in [0.25, 0.3) is 0 Å². The molecule has 1 aromatic rings. The van der Waals surface area contributed by atoms with Gasteiger partial charge in [-0.3, -0.25) is 9.59 Å². The van der Waals surface area contributed by atoms with Gasteiger partial charge in [-0.1, -0.05) is 0 Å². The molecule has 1 aliphatic heterocycles. The lowest BCUT2D eigenvalue weighted by Gasteiger charge is -2.10. The lowest BCUT2D eigenvalue weighted by molar-refractivity contribution is -0.128. The highest BCUT2D eigenvalue weighted by atomic mass is 16.2. The Hall–Kier alpha value is -1.85. The average Bonchev–Trinajstić information content (AvgIpc) is 2.90. The number of hydrogen-bond donors (Lipinski definition) is 2. The third-order valence-electron chi connectivity index (χ3n) is 2.93. The van der Waals surface area contributed by atoms with E-state index >= 15 is 0 Å². The van der Waals surface area contributed by atoms with Crippen molar-refractivity contribution in [2.75, 3.05) is 20.1 Å². The van der Waals surface area contributed by atoms with Gasteiger partial charge >= 0.3 is 0 Å². The summed E-state index contributed by atoms with van der Waals surface area (Å²) in [5, 5.41) is 2.83. The Bertz CT molecular complexity index is 402. The van der Waals surface area contributed by atoms with Gasteiger partial charge in [0, 0.05) is 45.4 Å². The van der Waals surface area contributed by atoms with Crippen LogP contribution in [0.5, 0.6) is 0 Å². The fourth-order valence-electron chi connectivity index (χ4n) is 1.92. The van der Waals surface area contributed by atoms with Crippen molar-refractivity contribution in [3.63, 3.8) is 0 Å². The van der Waals surface area contributed by atoms with Crippen LogP contribution in [0.1, 0.15) is 12.2 Å². The molecule has 92 valence electrons. The number of aromatic amines is 1. The van der Waals surface area contributed by atoms with Crippen LogP contribution in [0, 0.1) is 5.92 Å². The summed E-state index contributed by atoms with van der Waals surface area (Å²) in [7, 11) is 1.72. The topological polar surface area (TPSA) is 78.1 Å². The Balaban J connectivity index is 1.73. The van der Waals surface area contributed by atoms with E-state index in [1.54, 1.807) is 24.3 Å². The monoisotopic (exact) mass is 236 g/mol. The maximum Gasteiger partial charge on any atom is 0.225 e. The molecule has 6 nitrogen and oxygen atoms in total. The molecule has 1 fully saturated rings. The minimum absolute atomic E-state index is 0.0381. The Kier molecular flexibility index (Phi) is 3.41. The predicted octanol–water partition coefficient (Wildman–Crippen LogP) is -0.453. The molecule has 0 bridgehead atoms. The molecule has 1 saturated heterocycles. The molecule has 2 N–H and O–H groups in total. The van der Waals surface area contributed by atoms with Crippen molar-refractivity contribution in [3.05, 3.63) is 18.2 Å². The first-order valence-corrected chi connectivity index (χ1v) is 5.66. The number of aromatic nitrogens is 2. The minimum atomic E-state index is -0.205. The van der Waals surface area contributed by atoms with E-state index in [0.29, 0.717) is 25.9 Å². The maximum absolute atomic E-state index is 11.7. The second-order valence-electron chi connectivity index (χ2n) is 4.25. The lowest BCUT2D eigenvalue weighted by atomic mass is 10.1. The molecule has 0 radical (unpaired) electrons. The standard InChI is InChI=1S/C11H16N4O2/c1-15-7-8(6-10(15)16)11(17)14-3-2-9-12-4-5-13-9/h4-5,8H,2-3,6-7H2,1H3,(H,12,13)(H,14,17). The fraction of sp³-hybridized carbons (Fsp3) is 0.545. The van der Waals surface area contributed by atoms with E-state index in [1.807, 2.05) is 0 Å². The Morgan fingerprint density at radius 3 is 3.12 bits per heavy atom. The van der Waals surface area contributed by atoms with E-state index in [0.717, 1.165) is 5.82 Å². The van der Waals surface area contributed by atoms with Gasteiger partial charge in [0.25, 0.3) is 0 Å². The predicted molar refractivity (Wildman–Crippen MR) is 61.0 cm³/mol. The number of nitrogens with zero attached hydrogens (tertiary/aromatic N) is 2. The summed E-state index contributed by atoms with van der Waals surface area (Å²) >= 11 is 0. The van der Waals surface area contributed by atoms with Crippen molar-refractivity contribution in [2.45, 2.75) is 12.8 Å². The summed E-state index contributed by atoms with van der Waals surface area (Å²) in [4.78, 5) is 31.7. The maximum atomic E-state index is 11.7. The molecule has 2 heterocycles. The first kappa shape index (κ1) is 11.6. The van der Waals surface area contributed by atoms with Crippen LogP contribution in [0.2, 0.25) is 0 Å². The van der Waals surface area contributed by atoms with Crippen LogP contribution >= 0.6 is 0 Å². The van der Waals surface area contributed by atoms with Gasteiger partial charge in [-0.05, 0) is 0 Å². The smallest absolute Gasteiger partial charge is 0.225 e. The van der Waals surface area contributed by atoms with E-state index in [4.69, 9.17) is 0 Å². The molecule has 0 aromatic carbocycles. The first-order valence-electron chi connectivity index (χ1n) is 5.66. The van der Waals surface area contributed by atoms with Crippen LogP contribution < -0.4 is 5.32 Å². The lowest BCUT2D eigenvalue weighted by Crippen LogP contribution is -2.33. The molecule has 0 aliphatic carbocycles. The Morgan fingerprint density at radius 1 is 1.71 bits per heavy atom. The molecule has 6 heteroatoms. The third kappa shape index (κ3) is 2.83.